The van der Waals surface area contributed by atoms with Gasteiger partial charge in [0.15, 0.2) is 0 Å². The molecule has 8 nitrogen and oxygen atoms in total. The normalized spacial score (nSPS) is 17.0. The smallest absolute Gasteiger partial charge is 0.253 e. The fraction of sp³-hybridized carbons (Fsp3) is 0.364. The first kappa shape index (κ1) is 27.0. The number of rotatable bonds is 8. The topological polar surface area (TPSA) is 111 Å². The number of ether oxygens (including phenoxy) is 1. The van der Waals surface area contributed by atoms with Crippen LogP contribution in [-0.2, 0) is 4.79 Å². The Morgan fingerprint density at radius 2 is 1.66 bits per heavy atom. The summed E-state index contributed by atoms with van der Waals surface area (Å²) in [5.41, 5.74) is 8.66. The molecule has 1 aliphatic carbocycles. The molecule has 1 unspecified atom stereocenters. The molecule has 3 aromatic carbocycles. The largest absolute Gasteiger partial charge is 0.490 e. The highest BCUT2D eigenvalue weighted by molar-refractivity contribution is 6.01. The molecule has 8 heteroatoms. The number of amides is 2. The molecule has 3 N–H and O–H groups in total. The molecule has 2 aliphatic rings. The molecule has 212 valence electrons. The SMILES string of the molecule is CC(C)(O)C(=O)N1CCC(Oc2ccc(-c3nn(C(c4ccccc4)C4CC4)c4ccc(C(N)=O)cc34)cc2)CC1. The molecule has 6 rings (SSSR count). The third-order valence-electron chi connectivity index (χ3n) is 8.15. The summed E-state index contributed by atoms with van der Waals surface area (Å²) < 4.78 is 8.37. The molecule has 41 heavy (non-hydrogen) atoms. The molecule has 1 saturated heterocycles. The summed E-state index contributed by atoms with van der Waals surface area (Å²) in [6.07, 6.45) is 3.72. The van der Waals surface area contributed by atoms with Crippen LogP contribution in [0, 0.1) is 5.92 Å². The number of fused-ring (bicyclic) bond motifs is 1. The number of nitrogens with zero attached hydrogens (tertiary/aromatic N) is 3. The molecule has 1 saturated carbocycles. The molecule has 2 heterocycles. The van der Waals surface area contributed by atoms with Gasteiger partial charge in [0.2, 0.25) is 5.91 Å². The van der Waals surface area contributed by atoms with Crippen molar-refractivity contribution in [3.63, 3.8) is 0 Å². The fourth-order valence-corrected chi connectivity index (χ4v) is 5.84. The quantitative estimate of drug-likeness (QED) is 0.322. The van der Waals surface area contributed by atoms with Gasteiger partial charge in [-0.05, 0) is 80.6 Å². The van der Waals surface area contributed by atoms with E-state index in [0.29, 0.717) is 37.4 Å². The molecule has 4 aromatic rings. The lowest BCUT2D eigenvalue weighted by Crippen LogP contribution is -2.49. The molecule has 1 atom stereocenters. The Labute approximate surface area is 239 Å². The molecular formula is C33H36N4O4. The van der Waals surface area contributed by atoms with Crippen molar-refractivity contribution in [2.45, 2.75) is 57.3 Å². The van der Waals surface area contributed by atoms with Gasteiger partial charge in [-0.3, -0.25) is 14.3 Å². The van der Waals surface area contributed by atoms with E-state index in [1.807, 2.05) is 42.5 Å². The number of benzene rings is 3. The highest BCUT2D eigenvalue weighted by Crippen LogP contribution is 2.45. The van der Waals surface area contributed by atoms with Crippen LogP contribution in [0.2, 0.25) is 0 Å². The Kier molecular flexibility index (Phi) is 7.03. The van der Waals surface area contributed by atoms with E-state index in [2.05, 4.69) is 28.9 Å². The van der Waals surface area contributed by atoms with Crippen molar-refractivity contribution in [3.05, 3.63) is 83.9 Å². The number of piperidine rings is 1. The summed E-state index contributed by atoms with van der Waals surface area (Å²) in [5, 5.41) is 16.1. The lowest BCUT2D eigenvalue weighted by atomic mass is 10.0. The molecule has 2 amide bonds. The van der Waals surface area contributed by atoms with Gasteiger partial charge in [-0.15, -0.1) is 0 Å². The fourth-order valence-electron chi connectivity index (χ4n) is 5.84. The van der Waals surface area contributed by atoms with Crippen LogP contribution in [0.15, 0.2) is 72.8 Å². The summed E-state index contributed by atoms with van der Waals surface area (Å²) in [6.45, 7) is 4.16. The first-order valence-corrected chi connectivity index (χ1v) is 14.3. The minimum Gasteiger partial charge on any atom is -0.490 e. The zero-order valence-electron chi connectivity index (χ0n) is 23.5. The van der Waals surface area contributed by atoms with Crippen LogP contribution in [-0.4, -0.2) is 56.4 Å². The summed E-state index contributed by atoms with van der Waals surface area (Å²) in [7, 11) is 0. The van der Waals surface area contributed by atoms with Crippen molar-refractivity contribution in [3.8, 4) is 17.0 Å². The Morgan fingerprint density at radius 1 is 0.976 bits per heavy atom. The van der Waals surface area contributed by atoms with Crippen molar-refractivity contribution in [1.29, 1.82) is 0 Å². The first-order valence-electron chi connectivity index (χ1n) is 14.3. The molecular weight excluding hydrogens is 516 g/mol. The van der Waals surface area contributed by atoms with Gasteiger partial charge in [0.1, 0.15) is 23.1 Å². The maximum atomic E-state index is 12.4. The minimum atomic E-state index is -1.36. The van der Waals surface area contributed by atoms with Gasteiger partial charge in [0.25, 0.3) is 5.91 Å². The van der Waals surface area contributed by atoms with Crippen LogP contribution >= 0.6 is 0 Å². The second kappa shape index (κ2) is 10.7. The average Bonchev–Trinajstić information content (AvgIpc) is 3.74. The maximum absolute atomic E-state index is 12.4. The number of carbonyl (C=O) groups is 2. The first-order chi connectivity index (χ1) is 19.7. The monoisotopic (exact) mass is 552 g/mol. The van der Waals surface area contributed by atoms with E-state index in [4.69, 9.17) is 15.6 Å². The van der Waals surface area contributed by atoms with Crippen molar-refractivity contribution >= 4 is 22.7 Å². The molecule has 0 radical (unpaired) electrons. The summed E-state index contributed by atoms with van der Waals surface area (Å²) in [6, 6.07) is 24.1. The minimum absolute atomic E-state index is 0.00459. The van der Waals surface area contributed by atoms with Gasteiger partial charge in [-0.2, -0.15) is 5.10 Å². The molecule has 1 aromatic heterocycles. The van der Waals surface area contributed by atoms with Crippen molar-refractivity contribution < 1.29 is 19.4 Å². The van der Waals surface area contributed by atoms with Crippen molar-refractivity contribution in [1.82, 2.24) is 14.7 Å². The van der Waals surface area contributed by atoms with E-state index in [0.717, 1.165) is 40.8 Å². The molecule has 0 spiro atoms. The summed E-state index contributed by atoms with van der Waals surface area (Å²) in [5.74, 6) is 0.557. The van der Waals surface area contributed by atoms with E-state index in [9.17, 15) is 14.7 Å². The van der Waals surface area contributed by atoms with Crippen molar-refractivity contribution in [2.24, 2.45) is 11.7 Å². The summed E-state index contributed by atoms with van der Waals surface area (Å²) >= 11 is 0. The van der Waals surface area contributed by atoms with E-state index in [1.165, 1.54) is 19.4 Å². The molecule has 1 aliphatic heterocycles. The van der Waals surface area contributed by atoms with Crippen LogP contribution in [0.25, 0.3) is 22.2 Å². The van der Waals surface area contributed by atoms with Crippen LogP contribution in [0.5, 0.6) is 5.75 Å². The van der Waals surface area contributed by atoms with Crippen molar-refractivity contribution in [2.75, 3.05) is 13.1 Å². The van der Waals surface area contributed by atoms with E-state index in [-0.39, 0.29) is 18.1 Å². The third kappa shape index (κ3) is 5.57. The lowest BCUT2D eigenvalue weighted by molar-refractivity contribution is -0.149. The zero-order chi connectivity index (χ0) is 28.7. The standard InChI is InChI=1S/C33H36N4O4/c1-33(2,40)32(39)36-18-16-26(17-19-36)41-25-13-10-21(11-14-25)29-27-20-24(31(34)38)12-15-28(27)37(35-29)30(23-8-9-23)22-6-4-3-5-7-22/h3-7,10-15,20,23,26,30,40H,8-9,16-19H2,1-2H3,(H2,34,38). The average molecular weight is 553 g/mol. The Balaban J connectivity index is 1.27. The molecule has 2 fully saturated rings. The Bertz CT molecular complexity index is 1560. The van der Waals surface area contributed by atoms with Crippen LogP contribution < -0.4 is 10.5 Å². The van der Waals surface area contributed by atoms with Gasteiger partial charge >= 0.3 is 0 Å². The number of nitrogens with two attached hydrogens (primary N) is 1. The van der Waals surface area contributed by atoms with Gasteiger partial charge < -0.3 is 20.5 Å². The van der Waals surface area contributed by atoms with Crippen LogP contribution in [0.4, 0.5) is 0 Å². The van der Waals surface area contributed by atoms with Crippen LogP contribution in [0.3, 0.4) is 0 Å². The zero-order valence-corrected chi connectivity index (χ0v) is 23.5. The van der Waals surface area contributed by atoms with Gasteiger partial charge in [0, 0.05) is 42.4 Å². The van der Waals surface area contributed by atoms with Gasteiger partial charge in [-0.1, -0.05) is 30.3 Å². The highest BCUT2D eigenvalue weighted by atomic mass is 16.5. The Morgan fingerprint density at radius 3 is 2.27 bits per heavy atom. The number of carbonyl (C=O) groups excluding carboxylic acids is 2. The number of likely N-dealkylation sites (tertiary alicyclic amines) is 1. The number of hydrogen-bond donors (Lipinski definition) is 2. The Hall–Kier alpha value is -4.17. The number of hydrogen-bond acceptors (Lipinski definition) is 5. The second-order valence-corrected chi connectivity index (χ2v) is 11.8. The van der Waals surface area contributed by atoms with E-state index >= 15 is 0 Å². The summed E-state index contributed by atoms with van der Waals surface area (Å²) in [4.78, 5) is 26.1. The van der Waals surface area contributed by atoms with E-state index in [1.54, 1.807) is 11.0 Å². The maximum Gasteiger partial charge on any atom is 0.253 e. The number of aliphatic hydroxyl groups is 1. The third-order valence-corrected chi connectivity index (χ3v) is 8.15. The molecule has 0 bridgehead atoms. The predicted molar refractivity (Wildman–Crippen MR) is 158 cm³/mol. The predicted octanol–water partition coefficient (Wildman–Crippen LogP) is 4.94. The number of primary amides is 1. The van der Waals surface area contributed by atoms with Gasteiger partial charge in [0.05, 0.1) is 11.6 Å². The van der Waals surface area contributed by atoms with Crippen LogP contribution in [0.1, 0.15) is 61.5 Å². The van der Waals surface area contributed by atoms with Gasteiger partial charge in [-0.25, -0.2) is 0 Å². The lowest BCUT2D eigenvalue weighted by Gasteiger charge is -2.35. The number of aromatic nitrogens is 2. The highest BCUT2D eigenvalue weighted by Gasteiger charge is 2.36. The second-order valence-electron chi connectivity index (χ2n) is 11.8. The van der Waals surface area contributed by atoms with E-state index < -0.39 is 11.5 Å².